The van der Waals surface area contributed by atoms with Gasteiger partial charge in [-0.15, -0.1) is 0 Å². The van der Waals surface area contributed by atoms with Crippen LogP contribution in [0.15, 0.2) is 51.7 Å². The fourth-order valence-corrected chi connectivity index (χ4v) is 3.24. The Kier molecular flexibility index (Phi) is 6.72. The first-order chi connectivity index (χ1) is 17.4. The SMILES string of the molecule is COc1cccc(Oc2c(C(F)(F)F)oc3cc(OCc4c(F)c(F)c(F)c(F)c4F)ccc3c2=O)c1. The van der Waals surface area contributed by atoms with Gasteiger partial charge in [0.2, 0.25) is 17.0 Å². The number of ether oxygens (including phenoxy) is 3. The third-order valence-electron chi connectivity index (χ3n) is 5.02. The molecule has 4 rings (SSSR count). The molecule has 0 bridgehead atoms. The summed E-state index contributed by atoms with van der Waals surface area (Å²) in [5.41, 5.74) is -3.16. The van der Waals surface area contributed by atoms with Crippen LogP contribution in [0.4, 0.5) is 35.1 Å². The number of hydrogen-bond acceptors (Lipinski definition) is 5. The van der Waals surface area contributed by atoms with Gasteiger partial charge in [0.05, 0.1) is 18.1 Å². The van der Waals surface area contributed by atoms with E-state index >= 15 is 0 Å². The molecule has 0 aliphatic rings. The summed E-state index contributed by atoms with van der Waals surface area (Å²) in [5.74, 6) is -14.3. The molecule has 0 N–H and O–H groups in total. The van der Waals surface area contributed by atoms with Crippen LogP contribution in [0.1, 0.15) is 11.3 Å². The van der Waals surface area contributed by atoms with E-state index in [1.165, 1.54) is 31.4 Å². The molecule has 37 heavy (non-hydrogen) atoms. The molecule has 1 heterocycles. The zero-order chi connectivity index (χ0) is 27.1. The molecule has 0 saturated carbocycles. The zero-order valence-electron chi connectivity index (χ0n) is 18.3. The van der Waals surface area contributed by atoms with Crippen molar-refractivity contribution >= 4 is 11.0 Å². The van der Waals surface area contributed by atoms with E-state index < -0.39 is 75.7 Å². The highest BCUT2D eigenvalue weighted by Gasteiger charge is 2.40. The van der Waals surface area contributed by atoms with Gasteiger partial charge in [-0.2, -0.15) is 13.2 Å². The molecule has 0 radical (unpaired) electrons. The van der Waals surface area contributed by atoms with Gasteiger partial charge in [0, 0.05) is 12.1 Å². The lowest BCUT2D eigenvalue weighted by atomic mass is 10.1. The van der Waals surface area contributed by atoms with Gasteiger partial charge in [-0.3, -0.25) is 4.79 Å². The number of halogens is 8. The zero-order valence-corrected chi connectivity index (χ0v) is 18.3. The van der Waals surface area contributed by atoms with Crippen LogP contribution in [0.25, 0.3) is 11.0 Å². The Bertz CT molecular complexity index is 1530. The van der Waals surface area contributed by atoms with Gasteiger partial charge in [-0.25, -0.2) is 22.0 Å². The van der Waals surface area contributed by atoms with E-state index in [0.29, 0.717) is 0 Å². The van der Waals surface area contributed by atoms with Gasteiger partial charge in [-0.05, 0) is 24.3 Å². The van der Waals surface area contributed by atoms with Gasteiger partial charge >= 0.3 is 6.18 Å². The second-order valence-electron chi connectivity index (χ2n) is 7.36. The van der Waals surface area contributed by atoms with Gasteiger partial charge in [0.25, 0.3) is 5.76 Å². The molecular weight excluding hydrogens is 520 g/mol. The predicted molar refractivity (Wildman–Crippen MR) is 111 cm³/mol. The maximum Gasteiger partial charge on any atom is 0.453 e. The lowest BCUT2D eigenvalue weighted by Gasteiger charge is -2.14. The molecule has 0 atom stereocenters. The average molecular weight is 532 g/mol. The van der Waals surface area contributed by atoms with Crippen molar-refractivity contribution in [3.8, 4) is 23.0 Å². The topological polar surface area (TPSA) is 57.9 Å². The highest BCUT2D eigenvalue weighted by Crippen LogP contribution is 2.39. The van der Waals surface area contributed by atoms with E-state index in [4.69, 9.17) is 18.6 Å². The van der Waals surface area contributed by atoms with Crippen molar-refractivity contribution in [1.29, 1.82) is 0 Å². The van der Waals surface area contributed by atoms with Gasteiger partial charge in [0.1, 0.15) is 29.4 Å². The molecule has 3 aromatic carbocycles. The van der Waals surface area contributed by atoms with Crippen molar-refractivity contribution in [2.45, 2.75) is 12.8 Å². The van der Waals surface area contributed by atoms with Crippen LogP contribution in [-0.2, 0) is 12.8 Å². The van der Waals surface area contributed by atoms with Crippen molar-refractivity contribution < 1.29 is 53.8 Å². The molecule has 0 fully saturated rings. The summed E-state index contributed by atoms with van der Waals surface area (Å²) < 4.78 is 129. The summed E-state index contributed by atoms with van der Waals surface area (Å²) in [7, 11) is 1.32. The van der Waals surface area contributed by atoms with E-state index in [9.17, 15) is 39.9 Å². The predicted octanol–water partition coefficient (Wildman–Crippen LogP) is 6.89. The minimum absolute atomic E-state index is 0.153. The number of hydrogen-bond donors (Lipinski definition) is 0. The second kappa shape index (κ2) is 9.64. The quantitative estimate of drug-likeness (QED) is 0.154. The Balaban J connectivity index is 1.73. The molecule has 1 aromatic heterocycles. The number of fused-ring (bicyclic) bond motifs is 1. The molecule has 0 unspecified atom stereocenters. The van der Waals surface area contributed by atoms with Gasteiger partial charge in [0.15, 0.2) is 23.3 Å². The lowest BCUT2D eigenvalue weighted by molar-refractivity contribution is -0.154. The van der Waals surface area contributed by atoms with E-state index in [1.54, 1.807) is 0 Å². The Hall–Kier alpha value is -4.29. The highest BCUT2D eigenvalue weighted by molar-refractivity contribution is 5.79. The van der Waals surface area contributed by atoms with E-state index in [0.717, 1.165) is 18.2 Å². The van der Waals surface area contributed by atoms with Crippen LogP contribution in [-0.4, -0.2) is 7.11 Å². The molecule has 4 aromatic rings. The highest BCUT2D eigenvalue weighted by atomic mass is 19.4. The first-order valence-corrected chi connectivity index (χ1v) is 10.1. The van der Waals surface area contributed by atoms with Crippen LogP contribution in [0.3, 0.4) is 0 Å². The van der Waals surface area contributed by atoms with E-state index in [2.05, 4.69) is 0 Å². The number of methoxy groups -OCH3 is 1. The molecule has 0 saturated heterocycles. The maximum absolute atomic E-state index is 13.9. The van der Waals surface area contributed by atoms with Crippen LogP contribution in [0.2, 0.25) is 0 Å². The molecule has 13 heteroatoms. The van der Waals surface area contributed by atoms with Crippen molar-refractivity contribution in [2.24, 2.45) is 0 Å². The van der Waals surface area contributed by atoms with Crippen LogP contribution < -0.4 is 19.6 Å². The largest absolute Gasteiger partial charge is 0.497 e. The fraction of sp³-hybridized carbons (Fsp3) is 0.125. The molecule has 0 aliphatic heterocycles. The molecule has 0 spiro atoms. The lowest BCUT2D eigenvalue weighted by Crippen LogP contribution is -2.15. The molecular formula is C24H12F8O5. The monoisotopic (exact) mass is 532 g/mol. The molecule has 0 aliphatic carbocycles. The minimum Gasteiger partial charge on any atom is -0.497 e. The summed E-state index contributed by atoms with van der Waals surface area (Å²) in [6.07, 6.45) is -5.19. The molecule has 5 nitrogen and oxygen atoms in total. The Morgan fingerprint density at radius 3 is 2.05 bits per heavy atom. The van der Waals surface area contributed by atoms with Gasteiger partial charge in [-0.1, -0.05) is 6.07 Å². The molecule has 0 amide bonds. The van der Waals surface area contributed by atoms with E-state index in [1.807, 2.05) is 0 Å². The summed E-state index contributed by atoms with van der Waals surface area (Å²) >= 11 is 0. The second-order valence-corrected chi connectivity index (χ2v) is 7.36. The smallest absolute Gasteiger partial charge is 0.453 e. The average Bonchev–Trinajstić information content (AvgIpc) is 2.87. The minimum atomic E-state index is -5.19. The van der Waals surface area contributed by atoms with Crippen molar-refractivity contribution in [3.05, 3.63) is 93.1 Å². The first-order valence-electron chi connectivity index (χ1n) is 10.1. The number of benzene rings is 3. The Labute approximate surface area is 201 Å². The van der Waals surface area contributed by atoms with Crippen molar-refractivity contribution in [1.82, 2.24) is 0 Å². The number of alkyl halides is 3. The van der Waals surface area contributed by atoms with Crippen LogP contribution >= 0.6 is 0 Å². The molecule has 194 valence electrons. The Morgan fingerprint density at radius 2 is 1.43 bits per heavy atom. The first kappa shape index (κ1) is 25.8. The maximum atomic E-state index is 13.9. The summed E-state index contributed by atoms with van der Waals surface area (Å²) in [6, 6.07) is 8.21. The standard InChI is InChI=1S/C24H12F8O5/c1-34-10-3-2-4-12(7-10)36-22-21(33)13-6-5-11(8-15(13)37-23(22)24(30,31)32)35-9-14-16(25)18(27)20(29)19(28)17(14)26/h2-8H,9H2,1H3. The third-order valence-corrected chi connectivity index (χ3v) is 5.02. The fourth-order valence-electron chi connectivity index (χ4n) is 3.24. The van der Waals surface area contributed by atoms with Crippen LogP contribution in [0.5, 0.6) is 23.0 Å². The Morgan fingerprint density at radius 1 is 0.811 bits per heavy atom. The van der Waals surface area contributed by atoms with Gasteiger partial charge < -0.3 is 18.6 Å². The summed E-state index contributed by atoms with van der Waals surface area (Å²) in [5, 5.41) is -0.380. The normalized spacial score (nSPS) is 11.6. The van der Waals surface area contributed by atoms with Crippen molar-refractivity contribution in [3.63, 3.8) is 0 Å². The number of rotatable bonds is 6. The summed E-state index contributed by atoms with van der Waals surface area (Å²) in [6.45, 7) is -1.18. The van der Waals surface area contributed by atoms with Crippen molar-refractivity contribution in [2.75, 3.05) is 7.11 Å². The van der Waals surface area contributed by atoms with Crippen LogP contribution in [0, 0.1) is 29.1 Å². The summed E-state index contributed by atoms with van der Waals surface area (Å²) in [4.78, 5) is 12.9. The third kappa shape index (κ3) is 4.88. The van der Waals surface area contributed by atoms with E-state index in [-0.39, 0.29) is 16.9 Å².